The summed E-state index contributed by atoms with van der Waals surface area (Å²) < 4.78 is 0.944. The molecular weight excluding hydrogens is 352 g/mol. The number of nitrogens with zero attached hydrogens (tertiary/aromatic N) is 1. The Balaban J connectivity index is 2.34. The summed E-state index contributed by atoms with van der Waals surface area (Å²) in [5, 5.41) is 0.769. The Morgan fingerprint density at radius 1 is 1.13 bits per heavy atom. The third-order valence-electron chi connectivity index (χ3n) is 4.31. The molecule has 1 aromatic heterocycles. The molecule has 1 heterocycles. The number of aromatic amines is 1. The van der Waals surface area contributed by atoms with Gasteiger partial charge in [0.1, 0.15) is 0 Å². The van der Waals surface area contributed by atoms with E-state index in [1.54, 1.807) is 0 Å². The lowest BCUT2D eigenvalue weighted by Crippen LogP contribution is -2.29. The first-order chi connectivity index (χ1) is 11.1. The predicted octanol–water partition coefficient (Wildman–Crippen LogP) is 5.00. The molecular formula is C19H27BrN2O. The molecule has 23 heavy (non-hydrogen) atoms. The molecule has 126 valence electrons. The average Bonchev–Trinajstić information content (AvgIpc) is 2.54. The van der Waals surface area contributed by atoms with Crippen LogP contribution in [0.1, 0.15) is 50.8 Å². The lowest BCUT2D eigenvalue weighted by molar-refractivity contribution is 0.256. The van der Waals surface area contributed by atoms with Crippen molar-refractivity contribution in [2.24, 2.45) is 0 Å². The van der Waals surface area contributed by atoms with Crippen molar-refractivity contribution in [2.45, 2.75) is 53.0 Å². The molecule has 2 aromatic rings. The maximum absolute atomic E-state index is 12.9. The quantitative estimate of drug-likeness (QED) is 0.701. The van der Waals surface area contributed by atoms with Gasteiger partial charge < -0.3 is 4.98 Å². The average molecular weight is 379 g/mol. The Kier molecular flexibility index (Phi) is 6.85. The highest BCUT2D eigenvalue weighted by atomic mass is 79.9. The summed E-state index contributed by atoms with van der Waals surface area (Å²) in [4.78, 5) is 18.7. The first-order valence-corrected chi connectivity index (χ1v) is 9.39. The van der Waals surface area contributed by atoms with Crippen LogP contribution in [0.5, 0.6) is 0 Å². The van der Waals surface area contributed by atoms with Crippen LogP contribution < -0.4 is 5.43 Å². The van der Waals surface area contributed by atoms with Gasteiger partial charge in [-0.05, 0) is 51.1 Å². The molecule has 2 rings (SSSR count). The first kappa shape index (κ1) is 18.2. The number of rotatable bonds is 8. The molecule has 0 amide bonds. The Morgan fingerprint density at radius 2 is 1.78 bits per heavy atom. The molecule has 0 aliphatic carbocycles. The molecule has 0 unspecified atom stereocenters. The molecule has 0 fully saturated rings. The van der Waals surface area contributed by atoms with E-state index < -0.39 is 0 Å². The third-order valence-corrected chi connectivity index (χ3v) is 4.81. The fraction of sp³-hybridized carbons (Fsp3) is 0.526. The van der Waals surface area contributed by atoms with Crippen molar-refractivity contribution >= 4 is 26.8 Å². The zero-order valence-electron chi connectivity index (χ0n) is 14.4. The molecule has 1 N–H and O–H groups in total. The molecule has 0 atom stereocenters. The van der Waals surface area contributed by atoms with Crippen molar-refractivity contribution in [2.75, 3.05) is 13.1 Å². The van der Waals surface area contributed by atoms with Crippen molar-refractivity contribution in [1.29, 1.82) is 0 Å². The molecule has 0 saturated carbocycles. The van der Waals surface area contributed by atoms with Crippen LogP contribution in [0.4, 0.5) is 0 Å². The highest BCUT2D eigenvalue weighted by Crippen LogP contribution is 2.18. The Bertz CT molecular complexity index is 700. The van der Waals surface area contributed by atoms with Gasteiger partial charge in [0.2, 0.25) is 0 Å². The smallest absolute Gasteiger partial charge is 0.194 e. The molecule has 0 radical (unpaired) electrons. The predicted molar refractivity (Wildman–Crippen MR) is 102 cm³/mol. The molecule has 0 aliphatic heterocycles. The van der Waals surface area contributed by atoms with E-state index in [1.165, 1.54) is 25.7 Å². The minimum atomic E-state index is 0.163. The summed E-state index contributed by atoms with van der Waals surface area (Å²) in [6.45, 7) is 9.30. The van der Waals surface area contributed by atoms with E-state index in [1.807, 2.05) is 25.1 Å². The van der Waals surface area contributed by atoms with E-state index in [0.717, 1.165) is 46.3 Å². The summed E-state index contributed by atoms with van der Waals surface area (Å²) in [7, 11) is 0. The molecule has 0 bridgehead atoms. The Labute approximate surface area is 147 Å². The van der Waals surface area contributed by atoms with E-state index in [2.05, 4.69) is 39.7 Å². The highest BCUT2D eigenvalue weighted by molar-refractivity contribution is 9.10. The number of aryl methyl sites for hydroxylation is 1. The maximum Gasteiger partial charge on any atom is 0.194 e. The first-order valence-electron chi connectivity index (χ1n) is 8.60. The summed E-state index contributed by atoms with van der Waals surface area (Å²) in [5.41, 5.74) is 2.97. The number of hydrogen-bond acceptors (Lipinski definition) is 2. The van der Waals surface area contributed by atoms with Gasteiger partial charge in [-0.2, -0.15) is 0 Å². The largest absolute Gasteiger partial charge is 0.358 e. The molecule has 4 heteroatoms. The SMILES string of the molecule is CCCCN(CCCC)Cc1c(C)[nH]c2ccc(Br)cc2c1=O. The highest BCUT2D eigenvalue weighted by Gasteiger charge is 2.13. The standard InChI is InChI=1S/C19H27BrN2O/c1-4-6-10-22(11-7-5-2)13-17-14(3)21-18-9-8-15(20)12-16(18)19(17)23/h8-9,12H,4-7,10-11,13H2,1-3H3,(H,21,23). The summed E-state index contributed by atoms with van der Waals surface area (Å²) in [6.07, 6.45) is 4.73. The van der Waals surface area contributed by atoms with Gasteiger partial charge in [0.25, 0.3) is 0 Å². The monoisotopic (exact) mass is 378 g/mol. The van der Waals surface area contributed by atoms with Gasteiger partial charge in [0.05, 0.1) is 0 Å². The zero-order valence-corrected chi connectivity index (χ0v) is 16.0. The summed E-state index contributed by atoms with van der Waals surface area (Å²) >= 11 is 3.47. The van der Waals surface area contributed by atoms with Crippen LogP contribution in [0, 0.1) is 6.92 Å². The van der Waals surface area contributed by atoms with Crippen LogP contribution in [-0.4, -0.2) is 23.0 Å². The number of aromatic nitrogens is 1. The number of halogens is 1. The number of H-pyrrole nitrogens is 1. The number of nitrogens with one attached hydrogen (secondary N) is 1. The summed E-state index contributed by atoms with van der Waals surface area (Å²) in [6, 6.07) is 5.84. The molecule has 0 aliphatic rings. The van der Waals surface area contributed by atoms with Crippen LogP contribution in [0.15, 0.2) is 27.5 Å². The van der Waals surface area contributed by atoms with Crippen LogP contribution >= 0.6 is 15.9 Å². The second kappa shape index (κ2) is 8.65. The number of hydrogen-bond donors (Lipinski definition) is 1. The van der Waals surface area contributed by atoms with Gasteiger partial charge in [-0.15, -0.1) is 0 Å². The number of fused-ring (bicyclic) bond motifs is 1. The second-order valence-electron chi connectivity index (χ2n) is 6.23. The number of unbranched alkanes of at least 4 members (excludes halogenated alkanes) is 2. The molecule has 1 aromatic carbocycles. The zero-order chi connectivity index (χ0) is 16.8. The van der Waals surface area contributed by atoms with Crippen molar-refractivity contribution in [3.05, 3.63) is 44.2 Å². The molecule has 0 spiro atoms. The topological polar surface area (TPSA) is 36.1 Å². The molecule has 3 nitrogen and oxygen atoms in total. The van der Waals surface area contributed by atoms with E-state index in [-0.39, 0.29) is 5.43 Å². The normalized spacial score (nSPS) is 11.5. The van der Waals surface area contributed by atoms with Crippen LogP contribution in [-0.2, 0) is 6.54 Å². The van der Waals surface area contributed by atoms with Crippen LogP contribution in [0.2, 0.25) is 0 Å². The lowest BCUT2D eigenvalue weighted by Gasteiger charge is -2.22. The van der Waals surface area contributed by atoms with Crippen molar-refractivity contribution in [1.82, 2.24) is 9.88 Å². The van der Waals surface area contributed by atoms with Gasteiger partial charge >= 0.3 is 0 Å². The minimum absolute atomic E-state index is 0.163. The van der Waals surface area contributed by atoms with Crippen molar-refractivity contribution in [3.8, 4) is 0 Å². The Morgan fingerprint density at radius 3 is 2.39 bits per heavy atom. The molecule has 0 saturated heterocycles. The lowest BCUT2D eigenvalue weighted by atomic mass is 10.1. The van der Waals surface area contributed by atoms with Gasteiger partial charge in [0.15, 0.2) is 5.43 Å². The van der Waals surface area contributed by atoms with Gasteiger partial charge in [-0.25, -0.2) is 0 Å². The third kappa shape index (κ3) is 4.67. The van der Waals surface area contributed by atoms with E-state index in [9.17, 15) is 4.79 Å². The fourth-order valence-corrected chi connectivity index (χ4v) is 3.23. The fourth-order valence-electron chi connectivity index (χ4n) is 2.87. The van der Waals surface area contributed by atoms with Crippen LogP contribution in [0.25, 0.3) is 10.9 Å². The maximum atomic E-state index is 12.9. The van der Waals surface area contributed by atoms with E-state index in [0.29, 0.717) is 0 Å². The van der Waals surface area contributed by atoms with E-state index >= 15 is 0 Å². The number of pyridine rings is 1. The van der Waals surface area contributed by atoms with Crippen LogP contribution in [0.3, 0.4) is 0 Å². The van der Waals surface area contributed by atoms with Gasteiger partial charge in [0, 0.05) is 33.2 Å². The van der Waals surface area contributed by atoms with Gasteiger partial charge in [-0.3, -0.25) is 9.69 Å². The minimum Gasteiger partial charge on any atom is -0.358 e. The van der Waals surface area contributed by atoms with Gasteiger partial charge in [-0.1, -0.05) is 42.6 Å². The summed E-state index contributed by atoms with van der Waals surface area (Å²) in [5.74, 6) is 0. The number of benzene rings is 1. The Hall–Kier alpha value is -1.13. The van der Waals surface area contributed by atoms with Crippen molar-refractivity contribution < 1.29 is 0 Å². The van der Waals surface area contributed by atoms with E-state index in [4.69, 9.17) is 0 Å². The van der Waals surface area contributed by atoms with Crippen molar-refractivity contribution in [3.63, 3.8) is 0 Å². The second-order valence-corrected chi connectivity index (χ2v) is 7.15.